The van der Waals surface area contributed by atoms with Crippen LogP contribution in [0.1, 0.15) is 27.7 Å². The van der Waals surface area contributed by atoms with Crippen LogP contribution in [0, 0.1) is 0 Å². The molecule has 1 aromatic heterocycles. The van der Waals surface area contributed by atoms with E-state index in [4.69, 9.17) is 16.3 Å². The molecule has 1 aliphatic rings. The molecule has 0 radical (unpaired) electrons. The van der Waals surface area contributed by atoms with E-state index in [1.165, 1.54) is 11.3 Å². The quantitative estimate of drug-likeness (QED) is 0.725. The Morgan fingerprint density at radius 3 is 2.83 bits per heavy atom. The molecule has 0 aliphatic carbocycles. The first-order chi connectivity index (χ1) is 11.2. The van der Waals surface area contributed by atoms with Gasteiger partial charge in [0.05, 0.1) is 17.7 Å². The Kier molecular flexibility index (Phi) is 3.71. The molecule has 0 fully saturated rings. The largest absolute Gasteiger partial charge is 0.493 e. The zero-order valence-corrected chi connectivity index (χ0v) is 13.8. The van der Waals surface area contributed by atoms with Crippen LogP contribution < -0.4 is 10.1 Å². The van der Waals surface area contributed by atoms with Gasteiger partial charge < -0.3 is 10.1 Å². The smallest absolute Gasteiger partial charge is 0.263 e. The maximum atomic E-state index is 12.7. The molecule has 3 nitrogen and oxygen atoms in total. The summed E-state index contributed by atoms with van der Waals surface area (Å²) < 4.78 is 6.66. The topological polar surface area (TPSA) is 38.3 Å². The maximum absolute atomic E-state index is 12.7. The first-order valence-electron chi connectivity index (χ1n) is 7.43. The van der Waals surface area contributed by atoms with Crippen molar-refractivity contribution in [1.82, 2.24) is 5.32 Å². The normalized spacial score (nSPS) is 16.7. The van der Waals surface area contributed by atoms with E-state index >= 15 is 0 Å². The van der Waals surface area contributed by atoms with Crippen LogP contribution in [0.15, 0.2) is 48.5 Å². The third-order valence-corrected chi connectivity index (χ3v) is 5.68. The van der Waals surface area contributed by atoms with Crippen LogP contribution in [0.2, 0.25) is 5.02 Å². The predicted molar refractivity (Wildman–Crippen MR) is 93.6 cm³/mol. The van der Waals surface area contributed by atoms with Crippen molar-refractivity contribution in [1.29, 1.82) is 0 Å². The summed E-state index contributed by atoms with van der Waals surface area (Å²) in [5, 5.41) is 4.56. The Morgan fingerprint density at radius 1 is 1.17 bits per heavy atom. The zero-order chi connectivity index (χ0) is 15.8. The molecule has 116 valence electrons. The number of hydrogen-bond acceptors (Lipinski definition) is 3. The number of carbonyl (C=O) groups excluding carboxylic acids is 1. The number of amides is 1. The van der Waals surface area contributed by atoms with Gasteiger partial charge in [-0.2, -0.15) is 0 Å². The molecule has 1 amide bonds. The fraction of sp³-hybridized carbons (Fsp3) is 0.167. The maximum Gasteiger partial charge on any atom is 0.263 e. The van der Waals surface area contributed by atoms with Crippen molar-refractivity contribution in [2.45, 2.75) is 12.5 Å². The zero-order valence-electron chi connectivity index (χ0n) is 12.2. The highest BCUT2D eigenvalue weighted by Gasteiger charge is 2.25. The van der Waals surface area contributed by atoms with Crippen molar-refractivity contribution in [3.63, 3.8) is 0 Å². The molecule has 2 heterocycles. The molecular weight excluding hydrogens is 330 g/mol. The molecule has 0 bridgehead atoms. The third-order valence-electron chi connectivity index (χ3n) is 4.00. The molecule has 0 saturated carbocycles. The van der Waals surface area contributed by atoms with Crippen LogP contribution in [0.3, 0.4) is 0 Å². The number of benzene rings is 2. The predicted octanol–water partition coefficient (Wildman–Crippen LogP) is 4.81. The first-order valence-corrected chi connectivity index (χ1v) is 8.63. The second-order valence-electron chi connectivity index (χ2n) is 5.44. The van der Waals surface area contributed by atoms with E-state index < -0.39 is 0 Å². The van der Waals surface area contributed by atoms with Crippen molar-refractivity contribution in [3.05, 3.63) is 64.0 Å². The van der Waals surface area contributed by atoms with Gasteiger partial charge in [-0.3, -0.25) is 4.79 Å². The molecule has 1 unspecified atom stereocenters. The van der Waals surface area contributed by atoms with Crippen molar-refractivity contribution >= 4 is 38.9 Å². The standard InChI is InChI=1S/C18H14ClNO2S/c19-16-12-6-2-4-8-15(12)23-17(16)18(21)20-13-9-10-22-14-7-3-1-5-11(13)14/h1-8,13H,9-10H2,(H,20,21). The van der Waals surface area contributed by atoms with Crippen molar-refractivity contribution in [2.24, 2.45) is 0 Å². The number of ether oxygens (including phenoxy) is 1. The van der Waals surface area contributed by atoms with Crippen LogP contribution in [0.25, 0.3) is 10.1 Å². The lowest BCUT2D eigenvalue weighted by molar-refractivity contribution is 0.0929. The fourth-order valence-electron chi connectivity index (χ4n) is 2.88. The average Bonchev–Trinajstić information content (AvgIpc) is 2.93. The summed E-state index contributed by atoms with van der Waals surface area (Å²) >= 11 is 7.82. The van der Waals surface area contributed by atoms with Gasteiger partial charge in [-0.25, -0.2) is 0 Å². The van der Waals surface area contributed by atoms with Gasteiger partial charge in [0.25, 0.3) is 5.91 Å². The van der Waals surface area contributed by atoms with E-state index in [1.807, 2.05) is 48.5 Å². The summed E-state index contributed by atoms with van der Waals surface area (Å²) in [5.74, 6) is 0.712. The number of thiophene rings is 1. The number of para-hydroxylation sites is 1. The Labute approximate surface area is 142 Å². The molecule has 0 spiro atoms. The monoisotopic (exact) mass is 343 g/mol. The van der Waals surface area contributed by atoms with E-state index in [0.29, 0.717) is 16.5 Å². The van der Waals surface area contributed by atoms with Crippen molar-refractivity contribution < 1.29 is 9.53 Å². The molecule has 1 N–H and O–H groups in total. The minimum absolute atomic E-state index is 0.0475. The number of rotatable bonds is 2. The molecule has 1 aliphatic heterocycles. The first kappa shape index (κ1) is 14.5. The minimum Gasteiger partial charge on any atom is -0.493 e. The van der Waals surface area contributed by atoms with Crippen molar-refractivity contribution in [3.8, 4) is 5.75 Å². The second-order valence-corrected chi connectivity index (χ2v) is 6.87. The Balaban J connectivity index is 1.64. The summed E-state index contributed by atoms with van der Waals surface area (Å²) in [7, 11) is 0. The number of carbonyl (C=O) groups is 1. The second kappa shape index (κ2) is 5.87. The summed E-state index contributed by atoms with van der Waals surface area (Å²) in [4.78, 5) is 13.3. The lowest BCUT2D eigenvalue weighted by Gasteiger charge is -2.26. The molecule has 2 aromatic carbocycles. The lowest BCUT2D eigenvalue weighted by atomic mass is 10.0. The van der Waals surface area contributed by atoms with Gasteiger partial charge in [0, 0.05) is 22.1 Å². The summed E-state index contributed by atoms with van der Waals surface area (Å²) in [6.45, 7) is 0.599. The molecular formula is C18H14ClNO2S. The summed E-state index contributed by atoms with van der Waals surface area (Å²) in [5.41, 5.74) is 1.02. The minimum atomic E-state index is -0.127. The number of halogens is 1. The van der Waals surface area contributed by atoms with Gasteiger partial charge in [-0.15, -0.1) is 11.3 Å². The van der Waals surface area contributed by atoms with E-state index in [2.05, 4.69) is 5.32 Å². The van der Waals surface area contributed by atoms with Gasteiger partial charge in [0.2, 0.25) is 0 Å². The van der Waals surface area contributed by atoms with Crippen LogP contribution in [0.4, 0.5) is 0 Å². The SMILES string of the molecule is O=C(NC1CCOc2ccccc21)c1sc2ccccc2c1Cl. The van der Waals surface area contributed by atoms with Gasteiger partial charge >= 0.3 is 0 Å². The Bertz CT molecular complexity index is 890. The summed E-state index contributed by atoms with van der Waals surface area (Å²) in [6.07, 6.45) is 0.755. The van der Waals surface area contributed by atoms with Gasteiger partial charge in [-0.05, 0) is 12.1 Å². The highest BCUT2D eigenvalue weighted by molar-refractivity contribution is 7.21. The Morgan fingerprint density at radius 2 is 1.96 bits per heavy atom. The van der Waals surface area contributed by atoms with E-state index in [9.17, 15) is 4.79 Å². The molecule has 1 atom stereocenters. The number of hydrogen-bond donors (Lipinski definition) is 1. The number of nitrogens with one attached hydrogen (secondary N) is 1. The average molecular weight is 344 g/mol. The van der Waals surface area contributed by atoms with E-state index in [-0.39, 0.29) is 11.9 Å². The van der Waals surface area contributed by atoms with E-state index in [0.717, 1.165) is 27.8 Å². The van der Waals surface area contributed by atoms with Crippen molar-refractivity contribution in [2.75, 3.05) is 6.61 Å². The summed E-state index contributed by atoms with van der Waals surface area (Å²) in [6, 6.07) is 15.6. The van der Waals surface area contributed by atoms with Gasteiger partial charge in [0.15, 0.2) is 0 Å². The Hall–Kier alpha value is -2.04. The van der Waals surface area contributed by atoms with Gasteiger partial charge in [0.1, 0.15) is 10.6 Å². The van der Waals surface area contributed by atoms with Gasteiger partial charge in [-0.1, -0.05) is 48.0 Å². The third kappa shape index (κ3) is 2.58. The van der Waals surface area contributed by atoms with Crippen LogP contribution in [0.5, 0.6) is 5.75 Å². The van der Waals surface area contributed by atoms with Crippen LogP contribution >= 0.6 is 22.9 Å². The molecule has 5 heteroatoms. The molecule has 0 saturated heterocycles. The molecule has 4 rings (SSSR count). The highest BCUT2D eigenvalue weighted by atomic mass is 35.5. The van der Waals surface area contributed by atoms with E-state index in [1.54, 1.807) is 0 Å². The molecule has 23 heavy (non-hydrogen) atoms. The molecule has 3 aromatic rings. The highest BCUT2D eigenvalue weighted by Crippen LogP contribution is 2.36. The fourth-order valence-corrected chi connectivity index (χ4v) is 4.30. The van der Waals surface area contributed by atoms with Crippen LogP contribution in [-0.4, -0.2) is 12.5 Å². The lowest BCUT2D eigenvalue weighted by Crippen LogP contribution is -2.31. The number of fused-ring (bicyclic) bond motifs is 2. The van der Waals surface area contributed by atoms with Crippen LogP contribution in [-0.2, 0) is 0 Å².